The molecule has 5 rings (SSSR count). The van der Waals surface area contributed by atoms with Gasteiger partial charge in [-0.05, 0) is 29.2 Å². The predicted octanol–water partition coefficient (Wildman–Crippen LogP) is 5.18. The van der Waals surface area contributed by atoms with E-state index in [9.17, 15) is 23.1 Å². The zero-order valence-corrected chi connectivity index (χ0v) is 22.1. The zero-order valence-electron chi connectivity index (χ0n) is 22.1. The second-order valence-electron chi connectivity index (χ2n) is 11.5. The number of rotatable bonds is 3. The molecule has 2 aromatic rings. The molecule has 0 bridgehead atoms. The largest absolute Gasteiger partial charge is 0.848 e. The van der Waals surface area contributed by atoms with Gasteiger partial charge in [-0.2, -0.15) is 13.2 Å². The van der Waals surface area contributed by atoms with Crippen LogP contribution in [0.4, 0.5) is 13.2 Å². The van der Waals surface area contributed by atoms with Gasteiger partial charge in [0.1, 0.15) is 12.2 Å². The summed E-state index contributed by atoms with van der Waals surface area (Å²) in [5.41, 5.74) is 0.961. The van der Waals surface area contributed by atoms with Crippen LogP contribution in [0, 0.1) is 5.41 Å². The van der Waals surface area contributed by atoms with Crippen molar-refractivity contribution in [2.45, 2.75) is 89.9 Å². The highest BCUT2D eigenvalue weighted by molar-refractivity contribution is 5.67. The van der Waals surface area contributed by atoms with E-state index in [1.807, 2.05) is 27.7 Å². The number of halogens is 3. The van der Waals surface area contributed by atoms with E-state index in [1.54, 1.807) is 0 Å². The number of fused-ring (bicyclic) bond motifs is 4. The van der Waals surface area contributed by atoms with E-state index >= 15 is 0 Å². The molecule has 3 atom stereocenters. The second kappa shape index (κ2) is 9.27. The van der Waals surface area contributed by atoms with Crippen molar-refractivity contribution in [1.82, 2.24) is 9.97 Å². The molecule has 7 nitrogen and oxygen atoms in total. The van der Waals surface area contributed by atoms with E-state index < -0.39 is 47.0 Å². The maximum Gasteiger partial charge on any atom is 0.417 e. The van der Waals surface area contributed by atoms with Crippen molar-refractivity contribution >= 4 is 5.97 Å². The Morgan fingerprint density at radius 3 is 2.42 bits per heavy atom. The molecule has 1 unspecified atom stereocenters. The number of ether oxygens (including phenoxy) is 3. The average molecular weight is 534 g/mol. The summed E-state index contributed by atoms with van der Waals surface area (Å²) in [6, 6.07) is 2.33. The molecule has 1 aliphatic carbocycles. The highest BCUT2D eigenvalue weighted by Gasteiger charge is 2.53. The molecule has 0 aromatic carbocycles. The number of carbonyl (C=O) groups is 1. The standard InChI is InChI=1S/C28H32F3N2O5/c1-14(2)22-20-21(19-18(35)12-26(4,5)25(23(19)33-22)37-15(3)34)27(8-10-36-11-9-27)38-24(20)17-7-6-16(13-32-17)28(29,30)31/h6-7,13-14,18,24-25H,8-12H2,1-5H3/q-1/t18?,24-,25-/m1/s1. The molecule has 38 heavy (non-hydrogen) atoms. The van der Waals surface area contributed by atoms with Crippen molar-refractivity contribution in [3.63, 3.8) is 0 Å². The van der Waals surface area contributed by atoms with Crippen LogP contribution >= 0.6 is 0 Å². The lowest BCUT2D eigenvalue weighted by molar-refractivity contribution is -0.436. The van der Waals surface area contributed by atoms with Gasteiger partial charge in [0.05, 0.1) is 22.6 Å². The molecule has 3 aliphatic rings. The molecule has 1 saturated heterocycles. The minimum atomic E-state index is -4.51. The number of hydrogen-bond donors (Lipinski definition) is 0. The number of hydrogen-bond acceptors (Lipinski definition) is 7. The normalized spacial score (nSPS) is 25.8. The summed E-state index contributed by atoms with van der Waals surface area (Å²) in [5.74, 6) is -0.576. The first-order valence-corrected chi connectivity index (χ1v) is 12.9. The Hall–Kier alpha value is -2.56. The number of esters is 1. The van der Waals surface area contributed by atoms with E-state index in [4.69, 9.17) is 19.2 Å². The van der Waals surface area contributed by atoms with Crippen LogP contribution in [-0.2, 0) is 30.8 Å². The first-order valence-electron chi connectivity index (χ1n) is 12.9. The van der Waals surface area contributed by atoms with Crippen molar-refractivity contribution < 1.29 is 37.3 Å². The Bertz CT molecular complexity index is 1240. The van der Waals surface area contributed by atoms with Crippen LogP contribution in [0.3, 0.4) is 0 Å². The molecule has 0 N–H and O–H groups in total. The third-order valence-corrected chi connectivity index (χ3v) is 7.90. The van der Waals surface area contributed by atoms with E-state index in [0.29, 0.717) is 54.3 Å². The topological polar surface area (TPSA) is 93.6 Å². The Kier molecular flexibility index (Phi) is 6.60. The van der Waals surface area contributed by atoms with E-state index in [2.05, 4.69) is 4.98 Å². The van der Waals surface area contributed by atoms with Crippen LogP contribution in [-0.4, -0.2) is 29.2 Å². The minimum Gasteiger partial charge on any atom is -0.848 e. The third-order valence-electron chi connectivity index (χ3n) is 7.90. The lowest BCUT2D eigenvalue weighted by Gasteiger charge is -2.47. The zero-order chi connectivity index (χ0) is 27.6. The van der Waals surface area contributed by atoms with Gasteiger partial charge < -0.3 is 19.3 Å². The van der Waals surface area contributed by atoms with Gasteiger partial charge in [0.15, 0.2) is 0 Å². The van der Waals surface area contributed by atoms with Gasteiger partial charge in [0.25, 0.3) is 0 Å². The van der Waals surface area contributed by atoms with Crippen molar-refractivity contribution in [2.24, 2.45) is 5.41 Å². The molecule has 1 fully saturated rings. The predicted molar refractivity (Wildman–Crippen MR) is 128 cm³/mol. The highest BCUT2D eigenvalue weighted by atomic mass is 19.4. The molecule has 2 aromatic heterocycles. The quantitative estimate of drug-likeness (QED) is 0.502. The summed E-state index contributed by atoms with van der Waals surface area (Å²) in [5, 5.41) is 13.9. The summed E-state index contributed by atoms with van der Waals surface area (Å²) in [7, 11) is 0. The van der Waals surface area contributed by atoms with Crippen molar-refractivity contribution in [2.75, 3.05) is 13.2 Å². The molecule has 4 heterocycles. The molecule has 0 amide bonds. The Labute approximate surface area is 219 Å². The summed E-state index contributed by atoms with van der Waals surface area (Å²) < 4.78 is 57.9. The Morgan fingerprint density at radius 1 is 1.18 bits per heavy atom. The van der Waals surface area contributed by atoms with Gasteiger partial charge >= 0.3 is 12.1 Å². The average Bonchev–Trinajstić information content (AvgIpc) is 3.14. The van der Waals surface area contributed by atoms with Crippen molar-refractivity contribution in [3.8, 4) is 0 Å². The molecule has 2 aliphatic heterocycles. The third kappa shape index (κ3) is 4.40. The Morgan fingerprint density at radius 2 is 1.87 bits per heavy atom. The minimum absolute atomic E-state index is 0.113. The fraction of sp³-hybridized carbons (Fsp3) is 0.607. The smallest absolute Gasteiger partial charge is 0.417 e. The fourth-order valence-corrected chi connectivity index (χ4v) is 6.16. The van der Waals surface area contributed by atoms with Gasteiger partial charge in [-0.25, -0.2) is 0 Å². The molecule has 10 heteroatoms. The summed E-state index contributed by atoms with van der Waals surface area (Å²) in [6.07, 6.45) is -5.19. The summed E-state index contributed by atoms with van der Waals surface area (Å²) in [4.78, 5) is 21.3. The van der Waals surface area contributed by atoms with Crippen LogP contribution < -0.4 is 5.11 Å². The lowest BCUT2D eigenvalue weighted by Crippen LogP contribution is -2.42. The van der Waals surface area contributed by atoms with Gasteiger partial charge in [0.2, 0.25) is 0 Å². The molecular weight excluding hydrogens is 501 g/mol. The molecule has 206 valence electrons. The number of aromatic nitrogens is 2. The first-order chi connectivity index (χ1) is 17.7. The van der Waals surface area contributed by atoms with Crippen LogP contribution in [0.1, 0.15) is 117 Å². The Balaban J connectivity index is 1.78. The van der Waals surface area contributed by atoms with Crippen LogP contribution in [0.2, 0.25) is 0 Å². The van der Waals surface area contributed by atoms with Crippen LogP contribution in [0.5, 0.6) is 0 Å². The van der Waals surface area contributed by atoms with Gasteiger partial charge in [-0.15, -0.1) is 0 Å². The van der Waals surface area contributed by atoms with Crippen molar-refractivity contribution in [3.05, 3.63) is 57.7 Å². The first kappa shape index (κ1) is 27.0. The van der Waals surface area contributed by atoms with Crippen LogP contribution in [0.15, 0.2) is 18.3 Å². The van der Waals surface area contributed by atoms with Crippen molar-refractivity contribution in [1.29, 1.82) is 0 Å². The van der Waals surface area contributed by atoms with Gasteiger partial charge in [-0.3, -0.25) is 14.8 Å². The maximum absolute atomic E-state index is 13.9. The fourth-order valence-electron chi connectivity index (χ4n) is 6.16. The lowest BCUT2D eigenvalue weighted by atomic mass is 9.68. The van der Waals surface area contributed by atoms with Gasteiger partial charge in [0, 0.05) is 55.8 Å². The maximum atomic E-state index is 13.9. The number of alkyl halides is 3. The SMILES string of the molecule is CC(=O)O[C@@H]1c2nc(C(C)C)c3c(c2C([O-])CC1(C)C)C1(CCOCC1)O[C@@H]3c1ccc(C(F)(F)F)cn1. The molecule has 0 saturated carbocycles. The molecule has 0 radical (unpaired) electrons. The number of nitrogens with zero attached hydrogens (tertiary/aromatic N) is 2. The highest BCUT2D eigenvalue weighted by Crippen LogP contribution is 2.59. The second-order valence-corrected chi connectivity index (χ2v) is 11.5. The molecular formula is C28H32F3N2O5-. The van der Waals surface area contributed by atoms with E-state index in [-0.39, 0.29) is 12.3 Å². The van der Waals surface area contributed by atoms with Crippen LogP contribution in [0.25, 0.3) is 0 Å². The summed E-state index contributed by atoms with van der Waals surface area (Å²) in [6.45, 7) is 9.87. The monoisotopic (exact) mass is 533 g/mol. The summed E-state index contributed by atoms with van der Waals surface area (Å²) >= 11 is 0. The molecule has 1 spiro atoms. The van der Waals surface area contributed by atoms with Gasteiger partial charge in [-0.1, -0.05) is 40.2 Å². The number of pyridine rings is 2. The van der Waals surface area contributed by atoms with E-state index in [1.165, 1.54) is 13.0 Å². The number of carbonyl (C=O) groups excluding carboxylic acids is 1. The van der Waals surface area contributed by atoms with E-state index in [0.717, 1.165) is 17.8 Å².